The molecule has 1 saturated heterocycles. The van der Waals surface area contributed by atoms with Crippen molar-refractivity contribution in [3.63, 3.8) is 0 Å². The number of benzene rings is 1. The quantitative estimate of drug-likeness (QED) is 0.663. The van der Waals surface area contributed by atoms with E-state index < -0.39 is 28.1 Å². The molecule has 0 saturated carbocycles. The first-order chi connectivity index (χ1) is 13.5. The Morgan fingerprint density at radius 1 is 1.24 bits per heavy atom. The molecule has 2 rings (SSSR count). The van der Waals surface area contributed by atoms with Gasteiger partial charge < -0.3 is 14.4 Å². The van der Waals surface area contributed by atoms with Crippen LogP contribution in [0.1, 0.15) is 32.8 Å². The molecule has 0 aromatic heterocycles. The topological polar surface area (TPSA) is 102 Å². The van der Waals surface area contributed by atoms with Gasteiger partial charge in [0, 0.05) is 6.54 Å². The van der Waals surface area contributed by atoms with E-state index in [1.165, 1.54) is 24.1 Å². The standard InChI is InChI=1S/C20H30N2O6S/c1-13(2)10-17(21-29(25,26)16-8-6-14(3)7-9-16)19(23)22-11-15(4)28-18(12-22)20(24)27-5/h6-9,13,15,17-18,21H,10-12H2,1-5H3/t15-,17+,18-/m1/s1. The van der Waals surface area contributed by atoms with Gasteiger partial charge in [-0.15, -0.1) is 0 Å². The molecule has 1 aliphatic rings. The molecule has 1 fully saturated rings. The second kappa shape index (κ2) is 9.69. The summed E-state index contributed by atoms with van der Waals surface area (Å²) in [6.45, 7) is 7.75. The highest BCUT2D eigenvalue weighted by molar-refractivity contribution is 7.89. The summed E-state index contributed by atoms with van der Waals surface area (Å²) >= 11 is 0. The molecule has 0 aliphatic carbocycles. The van der Waals surface area contributed by atoms with Crippen molar-refractivity contribution < 1.29 is 27.5 Å². The molecule has 0 unspecified atom stereocenters. The maximum absolute atomic E-state index is 13.2. The minimum atomic E-state index is -3.87. The van der Waals surface area contributed by atoms with Crippen LogP contribution in [0.4, 0.5) is 0 Å². The summed E-state index contributed by atoms with van der Waals surface area (Å²) in [5, 5.41) is 0. The summed E-state index contributed by atoms with van der Waals surface area (Å²) in [6, 6.07) is 5.50. The zero-order valence-corrected chi connectivity index (χ0v) is 18.4. The van der Waals surface area contributed by atoms with Crippen LogP contribution in [0.2, 0.25) is 0 Å². The molecule has 9 heteroatoms. The Morgan fingerprint density at radius 2 is 1.86 bits per heavy atom. The maximum Gasteiger partial charge on any atom is 0.336 e. The van der Waals surface area contributed by atoms with Crippen molar-refractivity contribution in [3.8, 4) is 0 Å². The van der Waals surface area contributed by atoms with Gasteiger partial charge in [0.1, 0.15) is 6.04 Å². The number of carbonyl (C=O) groups excluding carboxylic acids is 2. The van der Waals surface area contributed by atoms with Crippen LogP contribution in [-0.4, -0.2) is 63.6 Å². The van der Waals surface area contributed by atoms with Gasteiger partial charge in [-0.25, -0.2) is 13.2 Å². The van der Waals surface area contributed by atoms with E-state index in [9.17, 15) is 18.0 Å². The molecule has 0 bridgehead atoms. The minimum Gasteiger partial charge on any atom is -0.467 e. The van der Waals surface area contributed by atoms with Crippen LogP contribution in [0, 0.1) is 12.8 Å². The van der Waals surface area contributed by atoms with Crippen LogP contribution in [0.25, 0.3) is 0 Å². The predicted octanol–water partition coefficient (Wildman–Crippen LogP) is 1.48. The van der Waals surface area contributed by atoms with Gasteiger partial charge in [0.2, 0.25) is 15.9 Å². The molecule has 3 atom stereocenters. The number of hydrogen-bond acceptors (Lipinski definition) is 6. The lowest BCUT2D eigenvalue weighted by atomic mass is 10.0. The van der Waals surface area contributed by atoms with Gasteiger partial charge in [-0.05, 0) is 38.3 Å². The third-order valence-corrected chi connectivity index (χ3v) is 6.16. The molecule has 29 heavy (non-hydrogen) atoms. The van der Waals surface area contributed by atoms with Crippen molar-refractivity contribution in [2.75, 3.05) is 20.2 Å². The average molecular weight is 427 g/mol. The van der Waals surface area contributed by atoms with Crippen molar-refractivity contribution in [1.82, 2.24) is 9.62 Å². The number of rotatable bonds is 7. The molecule has 1 aromatic rings. The molecular weight excluding hydrogens is 396 g/mol. The van der Waals surface area contributed by atoms with E-state index in [1.807, 2.05) is 20.8 Å². The molecule has 1 heterocycles. The van der Waals surface area contributed by atoms with Gasteiger partial charge in [0.25, 0.3) is 0 Å². The van der Waals surface area contributed by atoms with E-state index in [0.29, 0.717) is 6.42 Å². The Hall–Kier alpha value is -1.97. The van der Waals surface area contributed by atoms with E-state index in [4.69, 9.17) is 9.47 Å². The minimum absolute atomic E-state index is 0.0245. The van der Waals surface area contributed by atoms with Gasteiger partial charge in [0.05, 0.1) is 24.7 Å². The summed E-state index contributed by atoms with van der Waals surface area (Å²) in [5.41, 5.74) is 0.940. The van der Waals surface area contributed by atoms with E-state index >= 15 is 0 Å². The lowest BCUT2D eigenvalue weighted by molar-refractivity contribution is -0.170. The molecule has 1 N–H and O–H groups in total. The second-order valence-electron chi connectivity index (χ2n) is 7.82. The Morgan fingerprint density at radius 3 is 2.41 bits per heavy atom. The lowest BCUT2D eigenvalue weighted by Crippen LogP contribution is -2.57. The van der Waals surface area contributed by atoms with Crippen LogP contribution in [0.3, 0.4) is 0 Å². The highest BCUT2D eigenvalue weighted by Gasteiger charge is 2.37. The largest absolute Gasteiger partial charge is 0.467 e. The number of carbonyl (C=O) groups is 2. The average Bonchev–Trinajstić information content (AvgIpc) is 2.65. The number of morpholine rings is 1. The van der Waals surface area contributed by atoms with Crippen molar-refractivity contribution in [2.24, 2.45) is 5.92 Å². The number of nitrogens with one attached hydrogen (secondary N) is 1. The Balaban J connectivity index is 2.23. The second-order valence-corrected chi connectivity index (χ2v) is 9.53. The zero-order chi connectivity index (χ0) is 21.8. The fourth-order valence-corrected chi connectivity index (χ4v) is 4.46. The molecule has 1 amide bonds. The first-order valence-electron chi connectivity index (χ1n) is 9.64. The summed E-state index contributed by atoms with van der Waals surface area (Å²) < 4.78 is 38.5. The van der Waals surface area contributed by atoms with Crippen LogP contribution < -0.4 is 4.72 Å². The fraction of sp³-hybridized carbons (Fsp3) is 0.600. The first-order valence-corrected chi connectivity index (χ1v) is 11.1. The maximum atomic E-state index is 13.2. The van der Waals surface area contributed by atoms with Gasteiger partial charge in [-0.1, -0.05) is 31.5 Å². The number of methoxy groups -OCH3 is 1. The van der Waals surface area contributed by atoms with E-state index in [1.54, 1.807) is 19.1 Å². The van der Waals surface area contributed by atoms with Gasteiger partial charge in [-0.3, -0.25) is 4.79 Å². The third-order valence-electron chi connectivity index (χ3n) is 4.67. The molecular formula is C20H30N2O6S. The molecule has 0 spiro atoms. The van der Waals surface area contributed by atoms with Crippen molar-refractivity contribution >= 4 is 21.9 Å². The number of esters is 1. The normalized spacial score (nSPS) is 21.1. The number of ether oxygens (including phenoxy) is 2. The van der Waals surface area contributed by atoms with Crippen LogP contribution in [0.15, 0.2) is 29.2 Å². The van der Waals surface area contributed by atoms with Gasteiger partial charge in [0.15, 0.2) is 6.10 Å². The third kappa shape index (κ3) is 6.25. The van der Waals surface area contributed by atoms with E-state index in [-0.39, 0.29) is 35.9 Å². The Labute approximate surface area is 172 Å². The van der Waals surface area contributed by atoms with Crippen molar-refractivity contribution in [3.05, 3.63) is 29.8 Å². The molecule has 162 valence electrons. The molecule has 8 nitrogen and oxygen atoms in total. The first kappa shape index (κ1) is 23.3. The van der Waals surface area contributed by atoms with Gasteiger partial charge in [-0.2, -0.15) is 4.72 Å². The molecule has 1 aromatic carbocycles. The SMILES string of the molecule is COC(=O)[C@H]1CN(C(=O)[C@H](CC(C)C)NS(=O)(=O)c2ccc(C)cc2)C[C@@H](C)O1. The fourth-order valence-electron chi connectivity index (χ4n) is 3.26. The summed E-state index contributed by atoms with van der Waals surface area (Å²) in [6.07, 6.45) is -0.926. The van der Waals surface area contributed by atoms with E-state index in [2.05, 4.69) is 4.72 Å². The Bertz CT molecular complexity index is 822. The van der Waals surface area contributed by atoms with Crippen LogP contribution >= 0.6 is 0 Å². The summed E-state index contributed by atoms with van der Waals surface area (Å²) in [4.78, 5) is 26.6. The predicted molar refractivity (Wildman–Crippen MR) is 108 cm³/mol. The van der Waals surface area contributed by atoms with E-state index in [0.717, 1.165) is 5.56 Å². The number of nitrogens with zero attached hydrogens (tertiary/aromatic N) is 1. The highest BCUT2D eigenvalue weighted by atomic mass is 32.2. The van der Waals surface area contributed by atoms with Crippen LogP contribution in [0.5, 0.6) is 0 Å². The number of amides is 1. The van der Waals surface area contributed by atoms with Crippen LogP contribution in [-0.2, 0) is 29.1 Å². The van der Waals surface area contributed by atoms with Crippen molar-refractivity contribution in [2.45, 2.75) is 57.3 Å². The molecule has 0 radical (unpaired) electrons. The smallest absolute Gasteiger partial charge is 0.336 e. The number of sulfonamides is 1. The highest BCUT2D eigenvalue weighted by Crippen LogP contribution is 2.18. The molecule has 1 aliphatic heterocycles. The monoisotopic (exact) mass is 426 g/mol. The summed E-state index contributed by atoms with van der Waals surface area (Å²) in [7, 11) is -2.62. The van der Waals surface area contributed by atoms with Crippen molar-refractivity contribution in [1.29, 1.82) is 0 Å². The lowest BCUT2D eigenvalue weighted by Gasteiger charge is -2.37. The number of aryl methyl sites for hydroxylation is 1. The van der Waals surface area contributed by atoms with Gasteiger partial charge >= 0.3 is 5.97 Å². The summed E-state index contributed by atoms with van der Waals surface area (Å²) in [5.74, 6) is -0.854. The zero-order valence-electron chi connectivity index (χ0n) is 17.5. The number of hydrogen-bond donors (Lipinski definition) is 1. The Kier molecular flexibility index (Phi) is 7.79.